The third-order valence-electron chi connectivity index (χ3n) is 4.74. The van der Waals surface area contributed by atoms with Gasteiger partial charge in [0.2, 0.25) is 11.7 Å². The van der Waals surface area contributed by atoms with Crippen LogP contribution in [0.4, 0.5) is 11.4 Å². The van der Waals surface area contributed by atoms with E-state index in [1.807, 2.05) is 23.6 Å². The molecule has 2 aromatic carbocycles. The van der Waals surface area contributed by atoms with E-state index in [0.29, 0.717) is 40.8 Å². The highest BCUT2D eigenvalue weighted by atomic mass is 32.1. The number of hydrogen-bond donors (Lipinski definition) is 2. The second-order valence-electron chi connectivity index (χ2n) is 6.54. The predicted octanol–water partition coefficient (Wildman–Crippen LogP) is 4.44. The summed E-state index contributed by atoms with van der Waals surface area (Å²) in [5, 5.41) is 4.77. The third-order valence-corrected chi connectivity index (χ3v) is 5.36. The highest BCUT2D eigenvalue weighted by molar-refractivity contribution is 7.04. The number of nitrogens with two attached hydrogens (primary N) is 1. The first-order valence-corrected chi connectivity index (χ1v) is 10.3. The van der Waals surface area contributed by atoms with Crippen LogP contribution in [0.1, 0.15) is 13.3 Å². The lowest BCUT2D eigenvalue weighted by Crippen LogP contribution is -2.11. The second-order valence-corrected chi connectivity index (χ2v) is 7.17. The smallest absolute Gasteiger partial charge is 0.224 e. The van der Waals surface area contributed by atoms with Gasteiger partial charge < -0.3 is 30.0 Å². The molecule has 1 aromatic heterocycles. The SMILES string of the molecule is CCC(=O)Nc1cc(-c2csnc2-c2cc(OC)c(OC)c(OC)c2)cc(N)c1OC. The van der Waals surface area contributed by atoms with Gasteiger partial charge in [0.25, 0.3) is 0 Å². The number of rotatable bonds is 8. The van der Waals surface area contributed by atoms with E-state index >= 15 is 0 Å². The molecule has 1 amide bonds. The van der Waals surface area contributed by atoms with Crippen molar-refractivity contribution in [2.45, 2.75) is 13.3 Å². The molecule has 1 heterocycles. The van der Waals surface area contributed by atoms with Crippen LogP contribution in [-0.4, -0.2) is 38.7 Å². The Morgan fingerprint density at radius 2 is 1.61 bits per heavy atom. The maximum Gasteiger partial charge on any atom is 0.224 e. The van der Waals surface area contributed by atoms with Crippen LogP contribution in [0.3, 0.4) is 0 Å². The van der Waals surface area contributed by atoms with Crippen molar-refractivity contribution >= 4 is 28.8 Å². The molecule has 3 rings (SSSR count). The summed E-state index contributed by atoms with van der Waals surface area (Å²) in [4.78, 5) is 12.0. The van der Waals surface area contributed by atoms with Crippen molar-refractivity contribution < 1.29 is 23.7 Å². The van der Waals surface area contributed by atoms with Crippen molar-refractivity contribution in [2.75, 3.05) is 39.5 Å². The summed E-state index contributed by atoms with van der Waals surface area (Å²) in [7, 11) is 6.20. The number of anilines is 2. The normalized spacial score (nSPS) is 10.5. The average molecular weight is 444 g/mol. The monoisotopic (exact) mass is 443 g/mol. The van der Waals surface area contributed by atoms with Crippen molar-refractivity contribution in [3.8, 4) is 45.4 Å². The number of ether oxygens (including phenoxy) is 4. The number of aromatic nitrogens is 1. The number of amides is 1. The van der Waals surface area contributed by atoms with Crippen molar-refractivity contribution in [1.82, 2.24) is 4.37 Å². The van der Waals surface area contributed by atoms with Crippen molar-refractivity contribution in [3.63, 3.8) is 0 Å². The first kappa shape index (κ1) is 22.2. The number of carbonyl (C=O) groups excluding carboxylic acids is 1. The maximum atomic E-state index is 12.0. The van der Waals surface area contributed by atoms with Gasteiger partial charge in [-0.05, 0) is 41.4 Å². The summed E-state index contributed by atoms with van der Waals surface area (Å²) in [5.41, 5.74) is 10.3. The zero-order chi connectivity index (χ0) is 22.5. The number of nitrogens with one attached hydrogen (secondary N) is 1. The lowest BCUT2D eigenvalue weighted by molar-refractivity contribution is -0.115. The van der Waals surface area contributed by atoms with E-state index in [9.17, 15) is 4.79 Å². The zero-order valence-corrected chi connectivity index (χ0v) is 18.9. The van der Waals surface area contributed by atoms with Crippen LogP contribution in [0.25, 0.3) is 22.4 Å². The lowest BCUT2D eigenvalue weighted by Gasteiger charge is -2.16. The standard InChI is InChI=1S/C22H25N3O5S/c1-6-19(26)24-16-8-12(7-15(23)21(16)29-4)14-11-31-25-20(14)13-9-17(27-2)22(30-5)18(10-13)28-3/h7-11H,6,23H2,1-5H3,(H,24,26). The lowest BCUT2D eigenvalue weighted by atomic mass is 9.99. The van der Waals surface area contributed by atoms with Crippen LogP contribution >= 0.6 is 11.5 Å². The van der Waals surface area contributed by atoms with E-state index in [1.165, 1.54) is 18.6 Å². The quantitative estimate of drug-likeness (QED) is 0.496. The van der Waals surface area contributed by atoms with E-state index in [-0.39, 0.29) is 5.91 Å². The molecule has 0 radical (unpaired) electrons. The highest BCUT2D eigenvalue weighted by Gasteiger charge is 2.20. The summed E-state index contributed by atoms with van der Waals surface area (Å²) < 4.78 is 26.3. The first-order valence-electron chi connectivity index (χ1n) is 9.49. The van der Waals surface area contributed by atoms with Crippen molar-refractivity contribution in [2.24, 2.45) is 0 Å². The van der Waals surface area contributed by atoms with Gasteiger partial charge in [-0.2, -0.15) is 4.37 Å². The van der Waals surface area contributed by atoms with Crippen LogP contribution in [0.2, 0.25) is 0 Å². The molecule has 0 unspecified atom stereocenters. The minimum absolute atomic E-state index is 0.136. The molecule has 0 aliphatic rings. The number of nitrogen functional groups attached to an aromatic ring is 1. The molecule has 0 fully saturated rings. The largest absolute Gasteiger partial charge is 0.493 e. The van der Waals surface area contributed by atoms with Gasteiger partial charge in [-0.15, -0.1) is 0 Å². The van der Waals surface area contributed by atoms with Crippen LogP contribution in [-0.2, 0) is 4.79 Å². The van der Waals surface area contributed by atoms with Gasteiger partial charge in [-0.3, -0.25) is 4.79 Å². The van der Waals surface area contributed by atoms with Gasteiger partial charge >= 0.3 is 0 Å². The molecule has 0 atom stereocenters. The Hall–Kier alpha value is -3.46. The van der Waals surface area contributed by atoms with Crippen molar-refractivity contribution in [1.29, 1.82) is 0 Å². The zero-order valence-electron chi connectivity index (χ0n) is 18.1. The summed E-state index contributed by atoms with van der Waals surface area (Å²) >= 11 is 1.31. The number of methoxy groups -OCH3 is 4. The molecule has 0 saturated carbocycles. The fraction of sp³-hybridized carbons (Fsp3) is 0.273. The van der Waals surface area contributed by atoms with Gasteiger partial charge in [0.15, 0.2) is 17.2 Å². The first-order chi connectivity index (χ1) is 15.0. The van der Waals surface area contributed by atoms with E-state index in [0.717, 1.165) is 22.4 Å². The maximum absolute atomic E-state index is 12.0. The molecule has 3 aromatic rings. The summed E-state index contributed by atoms with van der Waals surface area (Å²) in [6, 6.07) is 7.30. The molecule has 0 aliphatic carbocycles. The number of nitrogens with zero attached hydrogens (tertiary/aromatic N) is 1. The molecule has 0 saturated heterocycles. The van der Waals surface area contributed by atoms with Gasteiger partial charge in [0.1, 0.15) is 0 Å². The Kier molecular flexibility index (Phi) is 6.86. The Morgan fingerprint density at radius 3 is 2.16 bits per heavy atom. The molecule has 164 valence electrons. The Morgan fingerprint density at radius 1 is 0.968 bits per heavy atom. The summed E-state index contributed by atoms with van der Waals surface area (Å²) in [5.74, 6) is 1.84. The summed E-state index contributed by atoms with van der Waals surface area (Å²) in [6.07, 6.45) is 0.337. The van der Waals surface area contributed by atoms with E-state index in [1.54, 1.807) is 34.3 Å². The van der Waals surface area contributed by atoms with Gasteiger partial charge in [0, 0.05) is 22.9 Å². The predicted molar refractivity (Wildman–Crippen MR) is 123 cm³/mol. The number of hydrogen-bond acceptors (Lipinski definition) is 8. The molecule has 31 heavy (non-hydrogen) atoms. The van der Waals surface area contributed by atoms with Crippen LogP contribution in [0.5, 0.6) is 23.0 Å². The Bertz CT molecular complexity index is 1070. The van der Waals surface area contributed by atoms with Crippen LogP contribution < -0.4 is 30.0 Å². The molecule has 3 N–H and O–H groups in total. The van der Waals surface area contributed by atoms with E-state index in [4.69, 9.17) is 24.7 Å². The molecule has 0 aliphatic heterocycles. The Balaban J connectivity index is 2.15. The highest BCUT2D eigenvalue weighted by Crippen LogP contribution is 2.45. The molecular weight excluding hydrogens is 418 g/mol. The third kappa shape index (κ3) is 4.36. The van der Waals surface area contributed by atoms with E-state index in [2.05, 4.69) is 9.69 Å². The fourth-order valence-corrected chi connectivity index (χ4v) is 3.95. The molecular formula is C22H25N3O5S. The molecule has 0 spiro atoms. The average Bonchev–Trinajstić information content (AvgIpc) is 3.27. The van der Waals surface area contributed by atoms with E-state index < -0.39 is 0 Å². The minimum Gasteiger partial charge on any atom is -0.493 e. The second kappa shape index (κ2) is 9.57. The molecule has 8 nitrogen and oxygen atoms in total. The fourth-order valence-electron chi connectivity index (χ4n) is 3.23. The van der Waals surface area contributed by atoms with Gasteiger partial charge in [-0.1, -0.05) is 6.92 Å². The van der Waals surface area contributed by atoms with Crippen LogP contribution in [0, 0.1) is 0 Å². The minimum atomic E-state index is -0.136. The number of benzene rings is 2. The molecule has 9 heteroatoms. The van der Waals surface area contributed by atoms with Gasteiger partial charge in [-0.25, -0.2) is 0 Å². The number of carbonyl (C=O) groups is 1. The topological polar surface area (TPSA) is 105 Å². The summed E-state index contributed by atoms with van der Waals surface area (Å²) in [6.45, 7) is 1.78. The Labute approximate surface area is 185 Å². The van der Waals surface area contributed by atoms with Gasteiger partial charge in [0.05, 0.1) is 45.5 Å². The van der Waals surface area contributed by atoms with Crippen LogP contribution in [0.15, 0.2) is 29.6 Å². The van der Waals surface area contributed by atoms with Crippen molar-refractivity contribution in [3.05, 3.63) is 29.6 Å². The molecule has 0 bridgehead atoms.